The Labute approximate surface area is 216 Å². The van der Waals surface area contributed by atoms with Gasteiger partial charge in [-0.25, -0.2) is 9.97 Å². The highest BCUT2D eigenvalue weighted by Gasteiger charge is 2.42. The molecule has 5 heterocycles. The van der Waals surface area contributed by atoms with Crippen molar-refractivity contribution in [2.24, 2.45) is 0 Å². The summed E-state index contributed by atoms with van der Waals surface area (Å²) in [5, 5.41) is 19.6. The lowest BCUT2D eigenvalue weighted by Crippen LogP contribution is -2.50. The van der Waals surface area contributed by atoms with Crippen LogP contribution in [0.5, 0.6) is 0 Å². The third kappa shape index (κ3) is 3.44. The Hall–Kier alpha value is -3.86. The summed E-state index contributed by atoms with van der Waals surface area (Å²) in [4.78, 5) is 27.7. The van der Waals surface area contributed by atoms with E-state index in [0.717, 1.165) is 96.7 Å². The molecule has 0 unspecified atom stereocenters. The van der Waals surface area contributed by atoms with E-state index in [0.29, 0.717) is 11.4 Å². The lowest BCUT2D eigenvalue weighted by Gasteiger charge is -2.43. The summed E-state index contributed by atoms with van der Waals surface area (Å²) in [6, 6.07) is 10.5. The van der Waals surface area contributed by atoms with Gasteiger partial charge in [0.1, 0.15) is 40.6 Å². The molecule has 1 amide bonds. The Kier molecular flexibility index (Phi) is 5.04. The molecule has 188 valence electrons. The first-order valence-corrected chi connectivity index (χ1v) is 13.6. The molecule has 1 saturated carbocycles. The van der Waals surface area contributed by atoms with Crippen LogP contribution in [0.2, 0.25) is 0 Å². The van der Waals surface area contributed by atoms with E-state index in [2.05, 4.69) is 21.6 Å². The number of fused-ring (bicyclic) bond motifs is 2. The van der Waals surface area contributed by atoms with Crippen LogP contribution in [0.1, 0.15) is 68.1 Å². The average Bonchev–Trinajstić information content (AvgIpc) is 3.25. The first kappa shape index (κ1) is 22.3. The standard InChI is InChI=1S/C29H31N7O/c1-18-8-10-19(11-9-18)36-22(37)16-20-23-21(17-30)27(35-14-6-3-7-15-35)31-25-24(23)26(32-28(20)36)34-29(33-25)12-4-2-5-13-29/h8-11H,2-7,12-16H2,1H3,(H,31,33)(H,32,34). The minimum atomic E-state index is -0.308. The smallest absolute Gasteiger partial charge is 0.237 e. The van der Waals surface area contributed by atoms with Crippen molar-refractivity contribution in [3.63, 3.8) is 0 Å². The van der Waals surface area contributed by atoms with Gasteiger partial charge in [-0.2, -0.15) is 5.26 Å². The summed E-state index contributed by atoms with van der Waals surface area (Å²) in [6.45, 7) is 3.82. The first-order chi connectivity index (χ1) is 18.1. The molecule has 2 fully saturated rings. The number of benzene rings is 1. The molecular formula is C29H31N7O. The van der Waals surface area contributed by atoms with E-state index in [9.17, 15) is 10.1 Å². The molecule has 2 N–H and O–H groups in total. The van der Waals surface area contributed by atoms with Crippen molar-refractivity contribution in [3.8, 4) is 6.07 Å². The van der Waals surface area contributed by atoms with Gasteiger partial charge in [-0.3, -0.25) is 9.69 Å². The van der Waals surface area contributed by atoms with Crippen molar-refractivity contribution < 1.29 is 4.79 Å². The van der Waals surface area contributed by atoms with Gasteiger partial charge >= 0.3 is 0 Å². The number of aromatic nitrogens is 2. The Morgan fingerprint density at radius 1 is 0.892 bits per heavy atom. The normalized spacial score (nSPS) is 19.9. The number of carbonyl (C=O) groups is 1. The highest BCUT2D eigenvalue weighted by molar-refractivity contribution is 6.16. The molecule has 8 heteroatoms. The fourth-order valence-electron chi connectivity index (χ4n) is 6.62. The minimum absolute atomic E-state index is 0.0221. The number of piperidine rings is 1. The van der Waals surface area contributed by atoms with Crippen LogP contribution >= 0.6 is 0 Å². The van der Waals surface area contributed by atoms with E-state index in [1.165, 1.54) is 12.8 Å². The van der Waals surface area contributed by atoms with E-state index in [-0.39, 0.29) is 18.0 Å². The fraction of sp³-hybridized carbons (Fsp3) is 0.448. The van der Waals surface area contributed by atoms with E-state index in [1.54, 1.807) is 4.90 Å². The van der Waals surface area contributed by atoms with Gasteiger partial charge in [0.15, 0.2) is 0 Å². The topological polar surface area (TPSA) is 97.2 Å². The molecule has 1 aliphatic carbocycles. The predicted molar refractivity (Wildman–Crippen MR) is 145 cm³/mol. The van der Waals surface area contributed by atoms with Crippen LogP contribution in [0.3, 0.4) is 0 Å². The lowest BCUT2D eigenvalue weighted by molar-refractivity contribution is -0.116. The van der Waals surface area contributed by atoms with E-state index in [4.69, 9.17) is 9.97 Å². The quantitative estimate of drug-likeness (QED) is 0.485. The van der Waals surface area contributed by atoms with E-state index < -0.39 is 0 Å². The van der Waals surface area contributed by atoms with E-state index in [1.807, 2.05) is 31.2 Å². The van der Waals surface area contributed by atoms with Crippen molar-refractivity contribution in [2.45, 2.75) is 70.4 Å². The minimum Gasteiger partial charge on any atom is -0.355 e. The summed E-state index contributed by atoms with van der Waals surface area (Å²) in [7, 11) is 0. The van der Waals surface area contributed by atoms with Crippen molar-refractivity contribution in [3.05, 3.63) is 41.0 Å². The summed E-state index contributed by atoms with van der Waals surface area (Å²) in [6.07, 6.45) is 9.06. The van der Waals surface area contributed by atoms with Gasteiger partial charge in [-0.15, -0.1) is 0 Å². The molecule has 0 atom stereocenters. The van der Waals surface area contributed by atoms with Crippen molar-refractivity contribution in [1.82, 2.24) is 9.97 Å². The highest BCUT2D eigenvalue weighted by atomic mass is 16.2. The summed E-state index contributed by atoms with van der Waals surface area (Å²) >= 11 is 0. The number of carbonyl (C=O) groups excluding carboxylic acids is 1. The number of amides is 1. The molecule has 0 radical (unpaired) electrons. The second kappa shape index (κ2) is 8.34. The molecule has 3 aliphatic heterocycles. The van der Waals surface area contributed by atoms with E-state index >= 15 is 0 Å². The monoisotopic (exact) mass is 493 g/mol. The van der Waals surface area contributed by atoms with Crippen molar-refractivity contribution in [1.29, 1.82) is 5.26 Å². The summed E-state index contributed by atoms with van der Waals surface area (Å²) in [5.41, 5.74) is 3.02. The first-order valence-electron chi connectivity index (χ1n) is 13.6. The zero-order chi connectivity index (χ0) is 25.1. The number of nitriles is 1. The SMILES string of the molecule is Cc1ccc(N2C(=O)Cc3c2nc2c4c(nc(N5CCCCC5)c(C#N)c34)NC3(CCCCC3)N2)cc1. The van der Waals surface area contributed by atoms with Gasteiger partial charge in [-0.05, 0) is 64.0 Å². The maximum absolute atomic E-state index is 13.5. The summed E-state index contributed by atoms with van der Waals surface area (Å²) in [5.74, 6) is 2.87. The van der Waals surface area contributed by atoms with Gasteiger partial charge < -0.3 is 15.5 Å². The largest absolute Gasteiger partial charge is 0.355 e. The number of pyridine rings is 2. The molecule has 1 aromatic carbocycles. The van der Waals surface area contributed by atoms with Crippen molar-refractivity contribution >= 4 is 45.6 Å². The Morgan fingerprint density at radius 3 is 2.22 bits per heavy atom. The zero-order valence-corrected chi connectivity index (χ0v) is 21.2. The molecule has 37 heavy (non-hydrogen) atoms. The van der Waals surface area contributed by atoms with Gasteiger partial charge in [0.2, 0.25) is 5.91 Å². The van der Waals surface area contributed by atoms with Crippen molar-refractivity contribution in [2.75, 3.05) is 33.5 Å². The second-order valence-corrected chi connectivity index (χ2v) is 11.0. The number of nitrogens with zero attached hydrogens (tertiary/aromatic N) is 5. The molecule has 0 bridgehead atoms. The average molecular weight is 494 g/mol. The lowest BCUT2D eigenvalue weighted by atomic mass is 9.87. The summed E-state index contributed by atoms with van der Waals surface area (Å²) < 4.78 is 0. The van der Waals surface area contributed by atoms with Crippen LogP contribution < -0.4 is 20.4 Å². The van der Waals surface area contributed by atoms with Crippen LogP contribution in [0, 0.1) is 18.3 Å². The third-order valence-corrected chi connectivity index (χ3v) is 8.48. The molecule has 2 aromatic heterocycles. The number of hydrogen-bond acceptors (Lipinski definition) is 7. The van der Waals surface area contributed by atoms with Crippen LogP contribution in [-0.2, 0) is 11.2 Å². The molecule has 1 spiro atoms. The van der Waals surface area contributed by atoms with Crippen LogP contribution in [0.4, 0.5) is 29.0 Å². The number of aryl methyl sites for hydroxylation is 1. The second-order valence-electron chi connectivity index (χ2n) is 11.0. The van der Waals surface area contributed by atoms with Crippen LogP contribution in [-0.4, -0.2) is 34.6 Å². The molecule has 3 aromatic rings. The zero-order valence-electron chi connectivity index (χ0n) is 21.2. The molecule has 7 rings (SSSR count). The van der Waals surface area contributed by atoms with Crippen LogP contribution in [0.25, 0.3) is 10.8 Å². The maximum atomic E-state index is 13.5. The number of hydrogen-bond donors (Lipinski definition) is 2. The third-order valence-electron chi connectivity index (χ3n) is 8.48. The van der Waals surface area contributed by atoms with Gasteiger partial charge in [0.05, 0.1) is 17.5 Å². The molecule has 8 nitrogen and oxygen atoms in total. The van der Waals surface area contributed by atoms with Gasteiger partial charge in [-0.1, -0.05) is 24.1 Å². The van der Waals surface area contributed by atoms with Gasteiger partial charge in [0, 0.05) is 24.0 Å². The number of rotatable bonds is 2. The Bertz CT molecular complexity index is 1460. The molecule has 1 saturated heterocycles. The molecular weight excluding hydrogens is 462 g/mol. The molecule has 4 aliphatic rings. The Morgan fingerprint density at radius 2 is 1.54 bits per heavy atom. The number of nitrogens with one attached hydrogen (secondary N) is 2. The fourth-order valence-corrected chi connectivity index (χ4v) is 6.62. The number of anilines is 5. The Balaban J connectivity index is 1.50. The maximum Gasteiger partial charge on any atom is 0.237 e. The van der Waals surface area contributed by atoms with Crippen LogP contribution in [0.15, 0.2) is 24.3 Å². The predicted octanol–water partition coefficient (Wildman–Crippen LogP) is 5.52. The van der Waals surface area contributed by atoms with Gasteiger partial charge in [0.25, 0.3) is 0 Å². The highest BCUT2D eigenvalue weighted by Crippen LogP contribution is 2.49.